The third-order valence-electron chi connectivity index (χ3n) is 2.55. The molecule has 2 rings (SSSR count). The third-order valence-corrected chi connectivity index (χ3v) is 2.73. The molecule has 0 spiro atoms. The van der Waals surface area contributed by atoms with E-state index >= 15 is 0 Å². The van der Waals surface area contributed by atoms with Gasteiger partial charge in [0, 0.05) is 24.8 Å². The van der Waals surface area contributed by atoms with Gasteiger partial charge in [-0.15, -0.1) is 0 Å². The lowest BCUT2D eigenvalue weighted by atomic mass is 10.1. The summed E-state index contributed by atoms with van der Waals surface area (Å²) in [7, 11) is 1.56. The molecule has 0 radical (unpaired) electrons. The first-order valence-electron chi connectivity index (χ1n) is 5.37. The van der Waals surface area contributed by atoms with Crippen LogP contribution >= 0.6 is 9.24 Å². The van der Waals surface area contributed by atoms with Gasteiger partial charge in [0.25, 0.3) is 5.66 Å². The highest BCUT2D eigenvalue weighted by Crippen LogP contribution is 2.26. The van der Waals surface area contributed by atoms with E-state index in [1.807, 2.05) is 13.0 Å². The molecule has 0 aromatic carbocycles. The Morgan fingerprint density at radius 2 is 2.24 bits per heavy atom. The van der Waals surface area contributed by atoms with E-state index in [-0.39, 0.29) is 12.6 Å². The van der Waals surface area contributed by atoms with Gasteiger partial charge in [0.1, 0.15) is 12.1 Å². The van der Waals surface area contributed by atoms with Gasteiger partial charge in [-0.1, -0.05) is 9.24 Å². The van der Waals surface area contributed by atoms with Crippen LogP contribution < -0.4 is 5.32 Å². The van der Waals surface area contributed by atoms with Crippen LogP contribution in [0, 0.1) is 6.92 Å². The van der Waals surface area contributed by atoms with Crippen molar-refractivity contribution >= 4 is 15.1 Å². The van der Waals surface area contributed by atoms with Crippen LogP contribution in [0.1, 0.15) is 5.69 Å². The fourth-order valence-electron chi connectivity index (χ4n) is 1.83. The zero-order valence-electron chi connectivity index (χ0n) is 9.53. The molecule has 94 valence electrons. The van der Waals surface area contributed by atoms with Crippen molar-refractivity contribution in [2.24, 2.45) is 0 Å². The number of hydrogen-bond acceptors (Lipinski definition) is 4. The van der Waals surface area contributed by atoms with Crippen molar-refractivity contribution in [3.8, 4) is 0 Å². The van der Waals surface area contributed by atoms with Crippen molar-refractivity contribution in [1.82, 2.24) is 14.9 Å². The van der Waals surface area contributed by atoms with Gasteiger partial charge in [-0.05, 0) is 6.92 Å². The van der Waals surface area contributed by atoms with Crippen molar-refractivity contribution in [2.45, 2.75) is 18.6 Å². The number of likely N-dealkylation sites (tertiary alicyclic amines) is 1. The zero-order valence-corrected chi connectivity index (χ0v) is 10.7. The van der Waals surface area contributed by atoms with Gasteiger partial charge in [-0.25, -0.2) is 18.7 Å². The molecule has 4 nitrogen and oxygen atoms in total. The number of halogens is 2. The van der Waals surface area contributed by atoms with Gasteiger partial charge in [0.05, 0.1) is 12.6 Å². The SMILES string of the molecule is Cc1cc(NC2CN(CC(F)(F)P)C2)ncn1. The Hall–Kier alpha value is -0.870. The van der Waals surface area contributed by atoms with E-state index in [0.29, 0.717) is 13.1 Å². The molecule has 2 heterocycles. The minimum Gasteiger partial charge on any atom is -0.365 e. The molecule has 1 unspecified atom stereocenters. The second-order valence-corrected chi connectivity index (χ2v) is 5.19. The maximum atomic E-state index is 12.7. The van der Waals surface area contributed by atoms with E-state index in [9.17, 15) is 8.78 Å². The molecular formula is C10H15F2N4P. The predicted octanol–water partition coefficient (Wildman–Crippen LogP) is 1.35. The Labute approximate surface area is 101 Å². The van der Waals surface area contributed by atoms with Gasteiger partial charge in [0.2, 0.25) is 0 Å². The molecule has 0 amide bonds. The van der Waals surface area contributed by atoms with Gasteiger partial charge < -0.3 is 5.32 Å². The molecule has 1 saturated heterocycles. The molecule has 1 fully saturated rings. The van der Waals surface area contributed by atoms with E-state index in [0.717, 1.165) is 11.5 Å². The van der Waals surface area contributed by atoms with Crippen LogP contribution in [0.25, 0.3) is 0 Å². The summed E-state index contributed by atoms with van der Waals surface area (Å²) in [6.07, 6.45) is 1.49. The Balaban J connectivity index is 1.78. The molecule has 1 aromatic rings. The summed E-state index contributed by atoms with van der Waals surface area (Å²) < 4.78 is 25.4. The number of nitrogens with one attached hydrogen (secondary N) is 1. The fraction of sp³-hybridized carbons (Fsp3) is 0.600. The third kappa shape index (κ3) is 3.82. The zero-order chi connectivity index (χ0) is 12.5. The molecular weight excluding hydrogens is 245 g/mol. The van der Waals surface area contributed by atoms with Gasteiger partial charge >= 0.3 is 0 Å². The van der Waals surface area contributed by atoms with E-state index in [2.05, 4.69) is 15.3 Å². The molecule has 1 aliphatic rings. The summed E-state index contributed by atoms with van der Waals surface area (Å²) in [5.41, 5.74) is -1.81. The Bertz CT molecular complexity index is 390. The lowest BCUT2D eigenvalue weighted by Gasteiger charge is -2.40. The number of anilines is 1. The van der Waals surface area contributed by atoms with E-state index in [1.54, 1.807) is 14.1 Å². The molecule has 0 saturated carbocycles. The maximum absolute atomic E-state index is 12.7. The van der Waals surface area contributed by atoms with Crippen LogP contribution in [0.4, 0.5) is 14.6 Å². The van der Waals surface area contributed by atoms with Crippen molar-refractivity contribution in [3.63, 3.8) is 0 Å². The normalized spacial score (nSPS) is 17.9. The minimum absolute atomic E-state index is 0.191. The summed E-state index contributed by atoms with van der Waals surface area (Å²) in [5, 5.41) is 3.19. The molecule has 1 atom stereocenters. The Kier molecular flexibility index (Phi) is 3.54. The first-order chi connectivity index (χ1) is 7.92. The summed E-state index contributed by atoms with van der Waals surface area (Å²) in [6.45, 7) is 2.91. The molecule has 17 heavy (non-hydrogen) atoms. The van der Waals surface area contributed by atoms with Gasteiger partial charge in [-0.2, -0.15) is 0 Å². The average Bonchev–Trinajstić information content (AvgIpc) is 2.12. The van der Waals surface area contributed by atoms with Crippen LogP contribution in [0.15, 0.2) is 12.4 Å². The van der Waals surface area contributed by atoms with Crippen molar-refractivity contribution in [3.05, 3.63) is 18.1 Å². The monoisotopic (exact) mass is 260 g/mol. The molecule has 0 aliphatic carbocycles. The second-order valence-electron chi connectivity index (χ2n) is 4.34. The number of aryl methyl sites for hydroxylation is 1. The number of rotatable bonds is 4. The second kappa shape index (κ2) is 4.78. The molecule has 0 bridgehead atoms. The van der Waals surface area contributed by atoms with E-state index in [1.165, 1.54) is 6.33 Å². The summed E-state index contributed by atoms with van der Waals surface area (Å²) >= 11 is 0. The first kappa shape index (κ1) is 12.6. The maximum Gasteiger partial charge on any atom is 0.271 e. The summed E-state index contributed by atoms with van der Waals surface area (Å²) in [4.78, 5) is 9.77. The number of alkyl halides is 2. The van der Waals surface area contributed by atoms with Crippen LogP contribution in [0.3, 0.4) is 0 Å². The minimum atomic E-state index is -2.70. The number of hydrogen-bond donors (Lipinski definition) is 1. The molecule has 7 heteroatoms. The molecule has 1 aromatic heterocycles. The highest BCUT2D eigenvalue weighted by atomic mass is 31.0. The highest BCUT2D eigenvalue weighted by Gasteiger charge is 2.33. The van der Waals surface area contributed by atoms with Crippen LogP contribution in [-0.2, 0) is 0 Å². The topological polar surface area (TPSA) is 41.0 Å². The molecule has 1 N–H and O–H groups in total. The first-order valence-corrected chi connectivity index (χ1v) is 5.94. The van der Waals surface area contributed by atoms with Crippen LogP contribution in [0.2, 0.25) is 0 Å². The van der Waals surface area contributed by atoms with Crippen LogP contribution in [0.5, 0.6) is 0 Å². The number of nitrogens with zero attached hydrogens (tertiary/aromatic N) is 3. The van der Waals surface area contributed by atoms with Crippen molar-refractivity contribution < 1.29 is 8.78 Å². The Morgan fingerprint density at radius 1 is 1.53 bits per heavy atom. The Morgan fingerprint density at radius 3 is 2.82 bits per heavy atom. The lowest BCUT2D eigenvalue weighted by molar-refractivity contribution is 0.0250. The van der Waals surface area contributed by atoms with Crippen molar-refractivity contribution in [1.29, 1.82) is 0 Å². The van der Waals surface area contributed by atoms with E-state index in [4.69, 9.17) is 0 Å². The average molecular weight is 260 g/mol. The van der Waals surface area contributed by atoms with E-state index < -0.39 is 5.66 Å². The van der Waals surface area contributed by atoms with Crippen molar-refractivity contribution in [2.75, 3.05) is 25.0 Å². The lowest BCUT2D eigenvalue weighted by Crippen LogP contribution is -2.56. The smallest absolute Gasteiger partial charge is 0.271 e. The molecule has 1 aliphatic heterocycles. The standard InChI is InChI=1S/C10H15F2N4P/c1-7-2-9(14-6-13-7)15-8-3-16(4-8)5-10(11,12)17/h2,6,8H,3-5,17H2,1H3,(H,13,14,15). The largest absolute Gasteiger partial charge is 0.365 e. The van der Waals surface area contributed by atoms with Gasteiger partial charge in [-0.3, -0.25) is 4.90 Å². The van der Waals surface area contributed by atoms with Gasteiger partial charge in [0.15, 0.2) is 0 Å². The predicted molar refractivity (Wildman–Crippen MR) is 65.3 cm³/mol. The highest BCUT2D eigenvalue weighted by molar-refractivity contribution is 7.18. The quantitative estimate of drug-likeness (QED) is 0.830. The number of aromatic nitrogens is 2. The van der Waals surface area contributed by atoms with Crippen LogP contribution in [-0.4, -0.2) is 46.2 Å². The fourth-order valence-corrected chi connectivity index (χ4v) is 2.09. The summed E-state index contributed by atoms with van der Waals surface area (Å²) in [6, 6.07) is 2.03. The summed E-state index contributed by atoms with van der Waals surface area (Å²) in [5.74, 6) is 0.750.